The predicted molar refractivity (Wildman–Crippen MR) is 58.2 cm³/mol. The minimum absolute atomic E-state index is 0.0223. The van der Waals surface area contributed by atoms with Gasteiger partial charge in [-0.05, 0) is 49.8 Å². The fourth-order valence-corrected chi connectivity index (χ4v) is 2.90. The average molecular weight is 205 g/mol. The van der Waals surface area contributed by atoms with Crippen molar-refractivity contribution in [1.29, 1.82) is 0 Å². The van der Waals surface area contributed by atoms with E-state index in [1.165, 1.54) is 6.07 Å². The van der Waals surface area contributed by atoms with Gasteiger partial charge < -0.3 is 5.73 Å². The molecule has 0 aliphatic heterocycles. The van der Waals surface area contributed by atoms with Gasteiger partial charge in [0.1, 0.15) is 5.82 Å². The number of rotatable bonds is 2. The molecule has 2 saturated carbocycles. The van der Waals surface area contributed by atoms with Gasteiger partial charge in [0.15, 0.2) is 0 Å². The van der Waals surface area contributed by atoms with Gasteiger partial charge in [0, 0.05) is 11.0 Å². The molecule has 0 spiro atoms. The Kier molecular flexibility index (Phi) is 1.63. The summed E-state index contributed by atoms with van der Waals surface area (Å²) in [6.45, 7) is 1.87. The van der Waals surface area contributed by atoms with E-state index in [0.29, 0.717) is 0 Å². The Hall–Kier alpha value is -0.890. The fraction of sp³-hybridized carbons (Fsp3) is 0.538. The highest BCUT2D eigenvalue weighted by atomic mass is 19.1. The maximum Gasteiger partial charge on any atom is 0.126 e. The molecule has 0 unspecified atom stereocenters. The first-order valence-corrected chi connectivity index (χ1v) is 5.64. The maximum absolute atomic E-state index is 13.5. The molecule has 0 atom stereocenters. The van der Waals surface area contributed by atoms with Crippen molar-refractivity contribution in [3.8, 4) is 0 Å². The average Bonchev–Trinajstić information content (AvgIpc) is 3.06. The number of hydrogen-bond acceptors (Lipinski definition) is 1. The minimum atomic E-state index is -0.0944. The molecule has 2 heteroatoms. The Morgan fingerprint density at radius 3 is 2.40 bits per heavy atom. The summed E-state index contributed by atoms with van der Waals surface area (Å²) in [7, 11) is 0. The van der Waals surface area contributed by atoms with Crippen molar-refractivity contribution in [1.82, 2.24) is 0 Å². The Bertz CT molecular complexity index is 417. The SMILES string of the molecule is Cc1c(F)cccc1C1(C2(N)CC2)CC1. The number of nitrogens with two attached hydrogens (primary N) is 1. The van der Waals surface area contributed by atoms with Gasteiger partial charge in [-0.1, -0.05) is 12.1 Å². The molecule has 3 rings (SSSR count). The van der Waals surface area contributed by atoms with E-state index < -0.39 is 0 Å². The van der Waals surface area contributed by atoms with Crippen molar-refractivity contribution < 1.29 is 4.39 Å². The van der Waals surface area contributed by atoms with Crippen LogP contribution in [0.1, 0.15) is 36.8 Å². The first kappa shape index (κ1) is 9.34. The second-order valence-corrected chi connectivity index (χ2v) is 5.15. The van der Waals surface area contributed by atoms with Gasteiger partial charge in [-0.15, -0.1) is 0 Å². The van der Waals surface area contributed by atoms with E-state index >= 15 is 0 Å². The molecule has 15 heavy (non-hydrogen) atoms. The first-order chi connectivity index (χ1) is 7.09. The molecular formula is C13H16FN. The van der Waals surface area contributed by atoms with E-state index in [-0.39, 0.29) is 16.8 Å². The lowest BCUT2D eigenvalue weighted by Crippen LogP contribution is -2.37. The third kappa shape index (κ3) is 1.11. The highest BCUT2D eigenvalue weighted by Crippen LogP contribution is 2.64. The van der Waals surface area contributed by atoms with E-state index in [2.05, 4.69) is 6.07 Å². The Balaban J connectivity index is 2.10. The lowest BCUT2D eigenvalue weighted by molar-refractivity contribution is 0.495. The highest BCUT2D eigenvalue weighted by molar-refractivity contribution is 5.45. The summed E-state index contributed by atoms with van der Waals surface area (Å²) in [6, 6.07) is 5.40. The van der Waals surface area contributed by atoms with Crippen molar-refractivity contribution in [3.63, 3.8) is 0 Å². The molecule has 1 aromatic rings. The van der Waals surface area contributed by atoms with Crippen molar-refractivity contribution in [2.45, 2.75) is 43.6 Å². The van der Waals surface area contributed by atoms with Crippen LogP contribution in [0.25, 0.3) is 0 Å². The lowest BCUT2D eigenvalue weighted by atomic mass is 9.83. The molecule has 0 amide bonds. The van der Waals surface area contributed by atoms with Crippen LogP contribution in [0.4, 0.5) is 4.39 Å². The zero-order valence-electron chi connectivity index (χ0n) is 9.02. The molecule has 2 aliphatic carbocycles. The van der Waals surface area contributed by atoms with Gasteiger partial charge in [0.2, 0.25) is 0 Å². The predicted octanol–water partition coefficient (Wildman–Crippen LogP) is 2.66. The first-order valence-electron chi connectivity index (χ1n) is 5.64. The minimum Gasteiger partial charge on any atom is -0.324 e. The van der Waals surface area contributed by atoms with Crippen LogP contribution in [0.2, 0.25) is 0 Å². The topological polar surface area (TPSA) is 26.0 Å². The van der Waals surface area contributed by atoms with Crippen LogP contribution >= 0.6 is 0 Å². The van der Waals surface area contributed by atoms with E-state index in [1.54, 1.807) is 0 Å². The Morgan fingerprint density at radius 2 is 1.87 bits per heavy atom. The summed E-state index contributed by atoms with van der Waals surface area (Å²) in [6.07, 6.45) is 4.47. The summed E-state index contributed by atoms with van der Waals surface area (Å²) in [5.41, 5.74) is 8.36. The van der Waals surface area contributed by atoms with Gasteiger partial charge in [0.25, 0.3) is 0 Å². The quantitative estimate of drug-likeness (QED) is 0.789. The fourth-order valence-electron chi connectivity index (χ4n) is 2.90. The zero-order chi connectivity index (χ0) is 10.7. The molecule has 0 saturated heterocycles. The summed E-state index contributed by atoms with van der Waals surface area (Å²) in [4.78, 5) is 0. The molecule has 1 aromatic carbocycles. The van der Waals surface area contributed by atoms with Gasteiger partial charge in [-0.2, -0.15) is 0 Å². The number of hydrogen-bond donors (Lipinski definition) is 1. The second kappa shape index (κ2) is 2.62. The molecule has 80 valence electrons. The van der Waals surface area contributed by atoms with E-state index in [0.717, 1.165) is 36.8 Å². The largest absolute Gasteiger partial charge is 0.324 e. The van der Waals surface area contributed by atoms with Gasteiger partial charge in [0.05, 0.1) is 0 Å². The molecule has 0 aromatic heterocycles. The monoisotopic (exact) mass is 205 g/mol. The summed E-state index contributed by atoms with van der Waals surface area (Å²) in [5.74, 6) is -0.0944. The normalized spacial score (nSPS) is 25.0. The summed E-state index contributed by atoms with van der Waals surface area (Å²) in [5, 5.41) is 0. The lowest BCUT2D eigenvalue weighted by Gasteiger charge is -2.25. The van der Waals surface area contributed by atoms with Crippen LogP contribution in [-0.4, -0.2) is 5.54 Å². The molecule has 2 aliphatic rings. The van der Waals surface area contributed by atoms with E-state index in [1.807, 2.05) is 13.0 Å². The summed E-state index contributed by atoms with van der Waals surface area (Å²) >= 11 is 0. The Labute approximate surface area is 89.5 Å². The molecular weight excluding hydrogens is 189 g/mol. The molecule has 0 radical (unpaired) electrons. The third-order valence-corrected chi connectivity index (χ3v) is 4.28. The molecule has 2 fully saturated rings. The van der Waals surface area contributed by atoms with Crippen molar-refractivity contribution >= 4 is 0 Å². The van der Waals surface area contributed by atoms with Gasteiger partial charge in [-0.3, -0.25) is 0 Å². The summed E-state index contributed by atoms with van der Waals surface area (Å²) < 4.78 is 13.5. The van der Waals surface area contributed by atoms with Gasteiger partial charge >= 0.3 is 0 Å². The molecule has 0 heterocycles. The number of benzene rings is 1. The van der Waals surface area contributed by atoms with Crippen molar-refractivity contribution in [2.24, 2.45) is 5.73 Å². The molecule has 0 bridgehead atoms. The Morgan fingerprint density at radius 1 is 1.20 bits per heavy atom. The molecule has 2 N–H and O–H groups in total. The van der Waals surface area contributed by atoms with E-state index in [9.17, 15) is 4.39 Å². The van der Waals surface area contributed by atoms with Crippen LogP contribution < -0.4 is 5.73 Å². The van der Waals surface area contributed by atoms with Crippen LogP contribution in [0.15, 0.2) is 18.2 Å². The number of halogens is 1. The van der Waals surface area contributed by atoms with Crippen LogP contribution in [0.3, 0.4) is 0 Å². The van der Waals surface area contributed by atoms with Crippen LogP contribution in [0.5, 0.6) is 0 Å². The standard InChI is InChI=1S/C13H16FN/c1-9-10(3-2-4-11(9)14)12(5-6-12)13(15)7-8-13/h2-4H,5-8,15H2,1H3. The maximum atomic E-state index is 13.5. The molecule has 1 nitrogen and oxygen atoms in total. The third-order valence-electron chi connectivity index (χ3n) is 4.28. The smallest absolute Gasteiger partial charge is 0.126 e. The van der Waals surface area contributed by atoms with Crippen molar-refractivity contribution in [3.05, 3.63) is 35.1 Å². The van der Waals surface area contributed by atoms with Crippen LogP contribution in [0, 0.1) is 12.7 Å². The van der Waals surface area contributed by atoms with E-state index in [4.69, 9.17) is 5.73 Å². The second-order valence-electron chi connectivity index (χ2n) is 5.15. The highest BCUT2D eigenvalue weighted by Gasteiger charge is 2.64. The van der Waals surface area contributed by atoms with Gasteiger partial charge in [-0.25, -0.2) is 4.39 Å². The van der Waals surface area contributed by atoms with Crippen LogP contribution in [-0.2, 0) is 5.41 Å². The zero-order valence-corrected chi connectivity index (χ0v) is 9.02. The van der Waals surface area contributed by atoms with Crippen molar-refractivity contribution in [2.75, 3.05) is 0 Å².